The Bertz CT molecular complexity index is 867. The number of carbonyl (C=O) groups excluding carboxylic acids is 2. The molecule has 0 aromatic heterocycles. The van der Waals surface area contributed by atoms with Gasteiger partial charge in [-0.25, -0.2) is 4.39 Å². The zero-order valence-electron chi connectivity index (χ0n) is 14.7. The molecule has 0 bridgehead atoms. The highest BCUT2D eigenvalue weighted by molar-refractivity contribution is 6.31. The van der Waals surface area contributed by atoms with Crippen molar-refractivity contribution in [3.63, 3.8) is 0 Å². The molecule has 2 aromatic rings. The maximum atomic E-state index is 13.3. The minimum absolute atomic E-state index is 0.0862. The standard InChI is InChI=1S/C20H20ClFN2O2/c1-20(2,18(25)23-14-9-10-16(22)15(21)12-14)19(26)24-11-5-7-13-6-3-4-8-17(13)24/h3-4,6,8-10,12H,5,7,11H2,1-2H3,(H,23,25). The van der Waals surface area contributed by atoms with Crippen molar-refractivity contribution in [3.8, 4) is 0 Å². The Kier molecular flexibility index (Phi) is 5.01. The highest BCUT2D eigenvalue weighted by atomic mass is 35.5. The Morgan fingerprint density at radius 3 is 2.65 bits per heavy atom. The summed E-state index contributed by atoms with van der Waals surface area (Å²) in [7, 11) is 0. The predicted octanol–water partition coefficient (Wildman–Crippen LogP) is 4.42. The van der Waals surface area contributed by atoms with E-state index < -0.39 is 17.1 Å². The maximum absolute atomic E-state index is 13.3. The first-order chi connectivity index (χ1) is 12.3. The van der Waals surface area contributed by atoms with Gasteiger partial charge in [0.25, 0.3) is 0 Å². The number of hydrogen-bond acceptors (Lipinski definition) is 2. The van der Waals surface area contributed by atoms with Crippen molar-refractivity contribution in [3.05, 3.63) is 58.9 Å². The lowest BCUT2D eigenvalue weighted by Crippen LogP contribution is -2.49. The molecule has 26 heavy (non-hydrogen) atoms. The number of nitrogens with one attached hydrogen (secondary N) is 1. The fourth-order valence-corrected chi connectivity index (χ4v) is 3.22. The van der Waals surface area contributed by atoms with Crippen molar-refractivity contribution in [2.75, 3.05) is 16.8 Å². The van der Waals surface area contributed by atoms with Crippen LogP contribution in [-0.4, -0.2) is 18.4 Å². The van der Waals surface area contributed by atoms with E-state index in [0.717, 1.165) is 24.1 Å². The van der Waals surface area contributed by atoms with Crippen molar-refractivity contribution in [2.24, 2.45) is 5.41 Å². The summed E-state index contributed by atoms with van der Waals surface area (Å²) in [5.74, 6) is -1.30. The first-order valence-corrected chi connectivity index (χ1v) is 8.85. The second-order valence-electron chi connectivity index (χ2n) is 6.90. The second-order valence-corrected chi connectivity index (χ2v) is 7.30. The van der Waals surface area contributed by atoms with Crippen molar-refractivity contribution >= 4 is 34.8 Å². The first-order valence-electron chi connectivity index (χ1n) is 8.47. The fraction of sp³-hybridized carbons (Fsp3) is 0.300. The number of fused-ring (bicyclic) bond motifs is 1. The van der Waals surface area contributed by atoms with Crippen LogP contribution in [0, 0.1) is 11.2 Å². The number of halogens is 2. The summed E-state index contributed by atoms with van der Waals surface area (Å²) in [6.07, 6.45) is 1.77. The number of rotatable bonds is 3. The maximum Gasteiger partial charge on any atom is 0.242 e. The molecule has 136 valence electrons. The van der Waals surface area contributed by atoms with E-state index in [1.54, 1.807) is 18.7 Å². The summed E-state index contributed by atoms with van der Waals surface area (Å²) in [6, 6.07) is 11.7. The molecule has 3 rings (SSSR count). The third-order valence-corrected chi connectivity index (χ3v) is 4.92. The van der Waals surface area contributed by atoms with Crippen LogP contribution < -0.4 is 10.2 Å². The predicted molar refractivity (Wildman–Crippen MR) is 101 cm³/mol. The number of hydrogen-bond donors (Lipinski definition) is 1. The third kappa shape index (κ3) is 3.44. The lowest BCUT2D eigenvalue weighted by molar-refractivity contribution is -0.136. The molecule has 1 heterocycles. The van der Waals surface area contributed by atoms with E-state index in [-0.39, 0.29) is 10.9 Å². The highest BCUT2D eigenvalue weighted by Gasteiger charge is 2.40. The van der Waals surface area contributed by atoms with Crippen LogP contribution in [0.4, 0.5) is 15.8 Å². The minimum atomic E-state index is -1.29. The van der Waals surface area contributed by atoms with Gasteiger partial charge in [0.2, 0.25) is 11.8 Å². The normalized spacial score (nSPS) is 13.9. The van der Waals surface area contributed by atoms with E-state index >= 15 is 0 Å². The van der Waals surface area contributed by atoms with Gasteiger partial charge in [0.15, 0.2) is 0 Å². The average molecular weight is 375 g/mol. The first kappa shape index (κ1) is 18.4. The molecule has 0 spiro atoms. The van der Waals surface area contributed by atoms with E-state index in [1.807, 2.05) is 24.3 Å². The molecule has 0 atom stereocenters. The van der Waals surface area contributed by atoms with Crippen LogP contribution in [0.5, 0.6) is 0 Å². The highest BCUT2D eigenvalue weighted by Crippen LogP contribution is 2.32. The molecule has 4 nitrogen and oxygen atoms in total. The van der Waals surface area contributed by atoms with Crippen LogP contribution in [0.1, 0.15) is 25.8 Å². The smallest absolute Gasteiger partial charge is 0.242 e. The molecule has 0 aliphatic carbocycles. The molecule has 6 heteroatoms. The largest absolute Gasteiger partial charge is 0.325 e. The molecule has 0 unspecified atom stereocenters. The number of carbonyl (C=O) groups is 2. The van der Waals surface area contributed by atoms with Gasteiger partial charge in [0, 0.05) is 17.9 Å². The number of para-hydroxylation sites is 1. The molecular formula is C20H20ClFN2O2. The zero-order chi connectivity index (χ0) is 18.9. The molecule has 0 saturated carbocycles. The summed E-state index contributed by atoms with van der Waals surface area (Å²) in [5, 5.41) is 2.57. The topological polar surface area (TPSA) is 49.4 Å². The van der Waals surface area contributed by atoms with E-state index in [9.17, 15) is 14.0 Å². The molecule has 2 amide bonds. The van der Waals surface area contributed by atoms with Crippen molar-refractivity contribution in [1.82, 2.24) is 0 Å². The second kappa shape index (κ2) is 7.08. The van der Waals surface area contributed by atoms with Gasteiger partial charge in [-0.15, -0.1) is 0 Å². The lowest BCUT2D eigenvalue weighted by Gasteiger charge is -2.35. The molecule has 2 aromatic carbocycles. The van der Waals surface area contributed by atoms with E-state index in [0.29, 0.717) is 12.2 Å². The van der Waals surface area contributed by atoms with Gasteiger partial charge >= 0.3 is 0 Å². The summed E-state index contributed by atoms with van der Waals surface area (Å²) >= 11 is 5.75. The Morgan fingerprint density at radius 2 is 1.92 bits per heavy atom. The van der Waals surface area contributed by atoms with E-state index in [2.05, 4.69) is 5.32 Å². The number of anilines is 2. The van der Waals surface area contributed by atoms with Crippen LogP contribution in [0.25, 0.3) is 0 Å². The minimum Gasteiger partial charge on any atom is -0.325 e. The number of benzene rings is 2. The van der Waals surface area contributed by atoms with Crippen molar-refractivity contribution in [1.29, 1.82) is 0 Å². The summed E-state index contributed by atoms with van der Waals surface area (Å²) in [5.41, 5.74) is 1.02. The molecular weight excluding hydrogens is 355 g/mol. The van der Waals surface area contributed by atoms with E-state index in [1.165, 1.54) is 18.2 Å². The Hall–Kier alpha value is -2.40. The van der Waals surface area contributed by atoms with Gasteiger partial charge in [-0.05, 0) is 56.5 Å². The SMILES string of the molecule is CC(C)(C(=O)Nc1ccc(F)c(Cl)c1)C(=O)N1CCCc2ccccc21. The van der Waals surface area contributed by atoms with Crippen LogP contribution >= 0.6 is 11.6 Å². The quantitative estimate of drug-likeness (QED) is 0.808. The van der Waals surface area contributed by atoms with Gasteiger partial charge < -0.3 is 10.2 Å². The van der Waals surface area contributed by atoms with Crippen molar-refractivity contribution in [2.45, 2.75) is 26.7 Å². The van der Waals surface area contributed by atoms with Gasteiger partial charge in [0.05, 0.1) is 5.02 Å². The zero-order valence-corrected chi connectivity index (χ0v) is 15.4. The molecule has 0 saturated heterocycles. The summed E-state index contributed by atoms with van der Waals surface area (Å²) in [4.78, 5) is 27.5. The van der Waals surface area contributed by atoms with Crippen LogP contribution in [0.3, 0.4) is 0 Å². The average Bonchev–Trinajstić information content (AvgIpc) is 2.63. The van der Waals surface area contributed by atoms with E-state index in [4.69, 9.17) is 11.6 Å². The molecule has 1 N–H and O–H groups in total. The number of nitrogens with zero attached hydrogens (tertiary/aromatic N) is 1. The van der Waals surface area contributed by atoms with Gasteiger partial charge in [-0.1, -0.05) is 29.8 Å². The van der Waals surface area contributed by atoms with Gasteiger partial charge in [-0.2, -0.15) is 0 Å². The Morgan fingerprint density at radius 1 is 1.19 bits per heavy atom. The van der Waals surface area contributed by atoms with Crippen molar-refractivity contribution < 1.29 is 14.0 Å². The van der Waals surface area contributed by atoms with Gasteiger partial charge in [-0.3, -0.25) is 9.59 Å². The number of aryl methyl sites for hydroxylation is 1. The van der Waals surface area contributed by atoms with Crippen LogP contribution in [-0.2, 0) is 16.0 Å². The molecule has 1 aliphatic heterocycles. The molecule has 1 aliphatic rings. The third-order valence-electron chi connectivity index (χ3n) is 4.64. The van der Waals surface area contributed by atoms with Crippen LogP contribution in [0.2, 0.25) is 5.02 Å². The molecule has 0 radical (unpaired) electrons. The number of amides is 2. The summed E-state index contributed by atoms with van der Waals surface area (Å²) in [6.45, 7) is 3.76. The Balaban J connectivity index is 1.82. The lowest BCUT2D eigenvalue weighted by atomic mass is 9.88. The fourth-order valence-electron chi connectivity index (χ4n) is 3.04. The monoisotopic (exact) mass is 374 g/mol. The molecule has 0 fully saturated rings. The Labute approximate surface area is 157 Å². The van der Waals surface area contributed by atoms with Crippen LogP contribution in [0.15, 0.2) is 42.5 Å². The van der Waals surface area contributed by atoms with Gasteiger partial charge in [0.1, 0.15) is 11.2 Å². The summed E-state index contributed by atoms with van der Waals surface area (Å²) < 4.78 is 13.3.